The molecular weight excluding hydrogens is 370 g/mol. The van der Waals surface area contributed by atoms with Crippen molar-refractivity contribution in [3.63, 3.8) is 0 Å². The van der Waals surface area contributed by atoms with Crippen molar-refractivity contribution in [3.8, 4) is 0 Å². The smallest absolute Gasteiger partial charge is 0.310 e. The lowest BCUT2D eigenvalue weighted by atomic mass is 10.1. The van der Waals surface area contributed by atoms with E-state index in [1.165, 1.54) is 6.07 Å². The molecule has 2 rings (SSSR count). The Hall–Kier alpha value is -1.43. The molecule has 104 valence electrons. The molecule has 0 bridgehead atoms. The van der Waals surface area contributed by atoms with Crippen molar-refractivity contribution < 1.29 is 13.9 Å². The Bertz CT molecular complexity index is 613. The third-order valence-electron chi connectivity index (χ3n) is 2.94. The van der Waals surface area contributed by atoms with Gasteiger partial charge in [-0.05, 0) is 47.2 Å². The van der Waals surface area contributed by atoms with E-state index < -0.39 is 5.97 Å². The average Bonchev–Trinajstić information content (AvgIpc) is 2.41. The molecule has 0 amide bonds. The van der Waals surface area contributed by atoms with Crippen LogP contribution in [0.2, 0.25) is 0 Å². The topological polar surface area (TPSA) is 26.3 Å². The van der Waals surface area contributed by atoms with Crippen LogP contribution in [0.4, 0.5) is 4.39 Å². The van der Waals surface area contributed by atoms with Gasteiger partial charge in [0.15, 0.2) is 0 Å². The number of hydrogen-bond acceptors (Lipinski definition) is 2. The Kier molecular flexibility index (Phi) is 5.11. The van der Waals surface area contributed by atoms with Crippen LogP contribution in [0.25, 0.3) is 0 Å². The van der Waals surface area contributed by atoms with E-state index >= 15 is 0 Å². The number of benzene rings is 2. The van der Waals surface area contributed by atoms with E-state index in [1.54, 1.807) is 18.2 Å². The van der Waals surface area contributed by atoms with Crippen LogP contribution in [-0.2, 0) is 16.0 Å². The first-order valence-electron chi connectivity index (χ1n) is 6.25. The van der Waals surface area contributed by atoms with Gasteiger partial charge in [0.05, 0.1) is 6.42 Å². The van der Waals surface area contributed by atoms with Crippen LogP contribution in [0.1, 0.15) is 24.2 Å². The molecule has 0 radical (unpaired) electrons. The summed E-state index contributed by atoms with van der Waals surface area (Å²) in [5.74, 6) is -0.811. The minimum Gasteiger partial charge on any atom is -0.457 e. The standard InChI is InChI=1S/C16H14FIO2/c1-11(13-7-3-5-9-15(13)18)20-16(19)10-12-6-2-4-8-14(12)17/h2-9,11H,10H2,1H3. The second kappa shape index (κ2) is 6.83. The number of rotatable bonds is 4. The molecule has 2 aromatic carbocycles. The first-order valence-corrected chi connectivity index (χ1v) is 7.33. The Morgan fingerprint density at radius 3 is 2.55 bits per heavy atom. The van der Waals surface area contributed by atoms with Gasteiger partial charge in [-0.15, -0.1) is 0 Å². The highest BCUT2D eigenvalue weighted by atomic mass is 127. The van der Waals surface area contributed by atoms with Crippen LogP contribution in [-0.4, -0.2) is 5.97 Å². The van der Waals surface area contributed by atoms with Crippen LogP contribution < -0.4 is 0 Å². The first kappa shape index (κ1) is 15.0. The van der Waals surface area contributed by atoms with E-state index in [0.717, 1.165) is 9.13 Å². The third-order valence-corrected chi connectivity index (χ3v) is 3.93. The minimum absolute atomic E-state index is 0.0551. The number of esters is 1. The molecule has 2 nitrogen and oxygen atoms in total. The lowest BCUT2D eigenvalue weighted by Crippen LogP contribution is -2.13. The molecule has 0 spiro atoms. The van der Waals surface area contributed by atoms with Gasteiger partial charge in [0.25, 0.3) is 0 Å². The summed E-state index contributed by atoms with van der Waals surface area (Å²) in [5, 5.41) is 0. The zero-order valence-corrected chi connectivity index (χ0v) is 13.1. The summed E-state index contributed by atoms with van der Waals surface area (Å²) in [7, 11) is 0. The van der Waals surface area contributed by atoms with Crippen molar-refractivity contribution in [1.82, 2.24) is 0 Å². The maximum absolute atomic E-state index is 13.5. The van der Waals surface area contributed by atoms with E-state index in [9.17, 15) is 9.18 Å². The summed E-state index contributed by atoms with van der Waals surface area (Å²) in [6.45, 7) is 1.82. The fraction of sp³-hybridized carbons (Fsp3) is 0.188. The molecule has 4 heteroatoms. The van der Waals surface area contributed by atoms with Crippen LogP contribution in [0, 0.1) is 9.39 Å². The molecule has 0 aliphatic carbocycles. The van der Waals surface area contributed by atoms with Gasteiger partial charge >= 0.3 is 5.97 Å². The third kappa shape index (κ3) is 3.79. The summed E-state index contributed by atoms with van der Waals surface area (Å²) in [5.41, 5.74) is 1.31. The van der Waals surface area contributed by atoms with Crippen LogP contribution in [0.3, 0.4) is 0 Å². The highest BCUT2D eigenvalue weighted by Gasteiger charge is 2.15. The predicted octanol–water partition coefficient (Wildman–Crippen LogP) is 4.28. The lowest BCUT2D eigenvalue weighted by molar-refractivity contribution is -0.147. The van der Waals surface area contributed by atoms with E-state index in [2.05, 4.69) is 22.6 Å². The molecule has 0 saturated carbocycles. The highest BCUT2D eigenvalue weighted by molar-refractivity contribution is 14.1. The van der Waals surface area contributed by atoms with Crippen molar-refractivity contribution in [1.29, 1.82) is 0 Å². The Balaban J connectivity index is 2.02. The summed E-state index contributed by atoms with van der Waals surface area (Å²) in [4.78, 5) is 11.9. The molecule has 0 aliphatic rings. The number of hydrogen-bond donors (Lipinski definition) is 0. The quantitative estimate of drug-likeness (QED) is 0.581. The number of carbonyl (C=O) groups excluding carboxylic acids is 1. The Labute approximate surface area is 131 Å². The molecule has 1 atom stereocenters. The molecule has 2 aromatic rings. The molecule has 0 aromatic heterocycles. The van der Waals surface area contributed by atoms with Gasteiger partial charge in [-0.3, -0.25) is 4.79 Å². The van der Waals surface area contributed by atoms with Crippen molar-refractivity contribution in [2.45, 2.75) is 19.4 Å². The zero-order valence-electron chi connectivity index (χ0n) is 11.0. The largest absolute Gasteiger partial charge is 0.457 e. The van der Waals surface area contributed by atoms with Gasteiger partial charge in [0.2, 0.25) is 0 Å². The normalized spacial score (nSPS) is 11.9. The van der Waals surface area contributed by atoms with Gasteiger partial charge < -0.3 is 4.74 Å². The molecule has 0 fully saturated rings. The second-order valence-electron chi connectivity index (χ2n) is 4.42. The number of ether oxygens (including phenoxy) is 1. The Morgan fingerprint density at radius 1 is 1.20 bits per heavy atom. The van der Waals surface area contributed by atoms with E-state index in [-0.39, 0.29) is 18.3 Å². The zero-order chi connectivity index (χ0) is 14.5. The van der Waals surface area contributed by atoms with Gasteiger partial charge in [0.1, 0.15) is 11.9 Å². The molecule has 0 saturated heterocycles. The van der Waals surface area contributed by atoms with Crippen LogP contribution in [0.15, 0.2) is 48.5 Å². The molecule has 0 heterocycles. The van der Waals surface area contributed by atoms with Crippen molar-refractivity contribution >= 4 is 28.6 Å². The summed E-state index contributed by atoms with van der Waals surface area (Å²) in [6, 6.07) is 13.9. The maximum atomic E-state index is 13.5. The summed E-state index contributed by atoms with van der Waals surface area (Å²) < 4.78 is 19.9. The number of carbonyl (C=O) groups is 1. The molecular formula is C16H14FIO2. The SMILES string of the molecule is CC(OC(=O)Cc1ccccc1F)c1ccccc1I. The first-order chi connectivity index (χ1) is 9.58. The van der Waals surface area contributed by atoms with Crippen LogP contribution >= 0.6 is 22.6 Å². The molecule has 1 unspecified atom stereocenters. The van der Waals surface area contributed by atoms with E-state index in [1.807, 2.05) is 31.2 Å². The maximum Gasteiger partial charge on any atom is 0.310 e. The van der Waals surface area contributed by atoms with Crippen molar-refractivity contribution in [2.24, 2.45) is 0 Å². The summed E-state index contributed by atoms with van der Waals surface area (Å²) in [6.07, 6.45) is -0.400. The Morgan fingerprint density at radius 2 is 1.85 bits per heavy atom. The van der Waals surface area contributed by atoms with E-state index in [0.29, 0.717) is 5.56 Å². The molecule has 0 N–H and O–H groups in total. The van der Waals surface area contributed by atoms with Gasteiger partial charge in [-0.25, -0.2) is 4.39 Å². The fourth-order valence-corrected chi connectivity index (χ4v) is 2.73. The predicted molar refractivity (Wildman–Crippen MR) is 83.8 cm³/mol. The second-order valence-corrected chi connectivity index (χ2v) is 5.58. The average molecular weight is 384 g/mol. The molecule has 20 heavy (non-hydrogen) atoms. The summed E-state index contributed by atoms with van der Waals surface area (Å²) >= 11 is 2.20. The van der Waals surface area contributed by atoms with Crippen molar-refractivity contribution in [3.05, 3.63) is 69.0 Å². The fourth-order valence-electron chi connectivity index (χ4n) is 1.90. The van der Waals surface area contributed by atoms with Gasteiger partial charge in [-0.2, -0.15) is 0 Å². The van der Waals surface area contributed by atoms with Gasteiger partial charge in [0, 0.05) is 9.13 Å². The molecule has 0 aliphatic heterocycles. The van der Waals surface area contributed by atoms with E-state index in [4.69, 9.17) is 4.74 Å². The highest BCUT2D eigenvalue weighted by Crippen LogP contribution is 2.23. The van der Waals surface area contributed by atoms with Crippen molar-refractivity contribution in [2.75, 3.05) is 0 Å². The monoisotopic (exact) mass is 384 g/mol. The van der Waals surface area contributed by atoms with Gasteiger partial charge in [-0.1, -0.05) is 36.4 Å². The number of halogens is 2. The lowest BCUT2D eigenvalue weighted by Gasteiger charge is -2.15. The van der Waals surface area contributed by atoms with Crippen LogP contribution in [0.5, 0.6) is 0 Å². The minimum atomic E-state index is -0.428.